The van der Waals surface area contributed by atoms with Crippen LogP contribution in [0.2, 0.25) is 26.2 Å². The van der Waals surface area contributed by atoms with E-state index in [0.717, 1.165) is 26.1 Å². The molecule has 0 saturated carbocycles. The molecule has 0 aliphatic rings. The predicted octanol–water partition coefficient (Wildman–Crippen LogP) is 4.84. The van der Waals surface area contributed by atoms with Crippen molar-refractivity contribution in [3.63, 3.8) is 0 Å². The molecule has 0 fully saturated rings. The van der Waals surface area contributed by atoms with Crippen LogP contribution in [-0.2, 0) is 8.85 Å². The first-order valence-corrected chi connectivity index (χ1v) is 14.5. The van der Waals surface area contributed by atoms with Crippen LogP contribution in [0, 0.1) is 0 Å². The van der Waals surface area contributed by atoms with Crippen molar-refractivity contribution in [3.8, 4) is 0 Å². The molecule has 0 aliphatic carbocycles. The Morgan fingerprint density at radius 1 is 0.789 bits per heavy atom. The Morgan fingerprint density at radius 3 is 1.37 bits per heavy atom. The van der Waals surface area contributed by atoms with Gasteiger partial charge in [-0.05, 0) is 39.0 Å². The van der Waals surface area contributed by atoms with Crippen LogP contribution in [-0.4, -0.2) is 39.6 Å². The van der Waals surface area contributed by atoms with Crippen LogP contribution in [0.4, 0.5) is 0 Å². The zero-order valence-corrected chi connectivity index (χ0v) is 17.0. The first-order valence-electron chi connectivity index (χ1n) is 7.60. The highest BCUT2D eigenvalue weighted by Crippen LogP contribution is 2.32. The van der Waals surface area contributed by atoms with Crippen molar-refractivity contribution < 1.29 is 8.85 Å². The van der Waals surface area contributed by atoms with Crippen molar-refractivity contribution in [2.24, 2.45) is 0 Å². The molecular weight excluding hydrogens is 288 g/mol. The zero-order chi connectivity index (χ0) is 15.1. The SMILES string of the molecule is CCCO[Si](C)(C)C(C)SC(C)[Si](C)(C)OCCC. The lowest BCUT2D eigenvalue weighted by molar-refractivity contribution is 0.305. The van der Waals surface area contributed by atoms with Crippen molar-refractivity contribution in [1.29, 1.82) is 0 Å². The summed E-state index contributed by atoms with van der Waals surface area (Å²) in [6.07, 6.45) is 2.23. The summed E-state index contributed by atoms with van der Waals surface area (Å²) in [6.45, 7) is 20.2. The molecule has 0 bridgehead atoms. The van der Waals surface area contributed by atoms with Crippen LogP contribution >= 0.6 is 11.8 Å². The highest BCUT2D eigenvalue weighted by molar-refractivity contribution is 8.03. The summed E-state index contributed by atoms with van der Waals surface area (Å²) in [5, 5.41) is 0. The Bertz CT molecular complexity index is 224. The number of hydrogen-bond donors (Lipinski definition) is 0. The molecule has 0 aliphatic heterocycles. The number of hydrogen-bond acceptors (Lipinski definition) is 3. The Balaban J connectivity index is 4.40. The van der Waals surface area contributed by atoms with Crippen molar-refractivity contribution in [2.45, 2.75) is 76.5 Å². The Labute approximate surface area is 127 Å². The van der Waals surface area contributed by atoms with Gasteiger partial charge in [0.25, 0.3) is 0 Å². The average molecular weight is 323 g/mol. The molecule has 0 radical (unpaired) electrons. The fourth-order valence-corrected chi connectivity index (χ4v) is 8.80. The van der Waals surface area contributed by atoms with Gasteiger partial charge in [-0.25, -0.2) is 0 Å². The van der Waals surface area contributed by atoms with Gasteiger partial charge in [0.15, 0.2) is 16.6 Å². The van der Waals surface area contributed by atoms with Gasteiger partial charge in [-0.1, -0.05) is 27.7 Å². The smallest absolute Gasteiger partial charge is 0.199 e. The minimum absolute atomic E-state index is 0.617. The van der Waals surface area contributed by atoms with Crippen LogP contribution < -0.4 is 0 Å². The molecule has 2 unspecified atom stereocenters. The van der Waals surface area contributed by atoms with E-state index < -0.39 is 16.6 Å². The third kappa shape index (κ3) is 7.32. The van der Waals surface area contributed by atoms with Crippen LogP contribution in [0.3, 0.4) is 0 Å². The average Bonchev–Trinajstić information content (AvgIpc) is 2.33. The molecule has 2 atom stereocenters. The second-order valence-corrected chi connectivity index (χ2v) is 17.6. The molecule has 2 nitrogen and oxygen atoms in total. The predicted molar refractivity (Wildman–Crippen MR) is 94.0 cm³/mol. The topological polar surface area (TPSA) is 18.5 Å². The molecule has 0 saturated heterocycles. The largest absolute Gasteiger partial charge is 0.416 e. The lowest BCUT2D eigenvalue weighted by atomic mass is 10.5. The summed E-state index contributed by atoms with van der Waals surface area (Å²) in [6, 6.07) is 0. The lowest BCUT2D eigenvalue weighted by Gasteiger charge is -2.35. The van der Waals surface area contributed by atoms with Crippen molar-refractivity contribution in [1.82, 2.24) is 0 Å². The fourth-order valence-electron chi connectivity index (χ4n) is 1.60. The normalized spacial score (nSPS) is 16.4. The minimum atomic E-state index is -1.57. The van der Waals surface area contributed by atoms with E-state index in [1.54, 1.807) is 0 Å². The van der Waals surface area contributed by atoms with Crippen LogP contribution in [0.25, 0.3) is 0 Å². The maximum Gasteiger partial charge on any atom is 0.199 e. The fraction of sp³-hybridized carbons (Fsp3) is 1.00. The maximum atomic E-state index is 6.13. The molecule has 0 N–H and O–H groups in total. The van der Waals surface area contributed by atoms with E-state index in [9.17, 15) is 0 Å². The third-order valence-corrected chi connectivity index (χ3v) is 14.6. The van der Waals surface area contributed by atoms with E-state index in [-0.39, 0.29) is 0 Å². The minimum Gasteiger partial charge on any atom is -0.416 e. The van der Waals surface area contributed by atoms with Gasteiger partial charge in [-0.3, -0.25) is 0 Å². The third-order valence-electron chi connectivity index (χ3n) is 3.72. The molecule has 116 valence electrons. The monoisotopic (exact) mass is 322 g/mol. The van der Waals surface area contributed by atoms with Crippen LogP contribution in [0.1, 0.15) is 40.5 Å². The Kier molecular flexibility index (Phi) is 9.20. The molecule has 0 heterocycles. The standard InChI is InChI=1S/C14H34O2SSi2/c1-9-11-15-18(5,6)13(3)17-14(4)19(7,8)16-12-10-2/h13-14H,9-12H2,1-8H3. The van der Waals surface area contributed by atoms with E-state index in [1.807, 2.05) is 0 Å². The summed E-state index contributed by atoms with van der Waals surface area (Å²) in [7, 11) is -3.14. The molecule has 5 heteroatoms. The second-order valence-electron chi connectivity index (χ2n) is 6.32. The Hall–Kier alpha value is 0.704. The number of thioether (sulfide) groups is 1. The second kappa shape index (κ2) is 8.87. The summed E-state index contributed by atoms with van der Waals surface area (Å²) >= 11 is 2.09. The lowest BCUT2D eigenvalue weighted by Crippen LogP contribution is -2.47. The van der Waals surface area contributed by atoms with Gasteiger partial charge in [0.2, 0.25) is 0 Å². The molecule has 0 aromatic rings. The molecule has 19 heavy (non-hydrogen) atoms. The first kappa shape index (κ1) is 19.7. The summed E-state index contributed by atoms with van der Waals surface area (Å²) in [5.74, 6) is 0. The maximum absolute atomic E-state index is 6.13. The summed E-state index contributed by atoms with van der Waals surface area (Å²) < 4.78 is 12.3. The molecule has 0 aromatic heterocycles. The van der Waals surface area contributed by atoms with Crippen LogP contribution in [0.5, 0.6) is 0 Å². The van der Waals surface area contributed by atoms with Crippen LogP contribution in [0.15, 0.2) is 0 Å². The van der Waals surface area contributed by atoms with Gasteiger partial charge in [0.05, 0.1) is 0 Å². The van der Waals surface area contributed by atoms with Gasteiger partial charge < -0.3 is 8.85 Å². The van der Waals surface area contributed by atoms with Crippen molar-refractivity contribution in [3.05, 3.63) is 0 Å². The number of rotatable bonds is 10. The Morgan fingerprint density at radius 2 is 1.11 bits per heavy atom. The van der Waals surface area contributed by atoms with Gasteiger partial charge in [0.1, 0.15) is 0 Å². The quantitative estimate of drug-likeness (QED) is 0.536. The highest BCUT2D eigenvalue weighted by Gasteiger charge is 2.37. The van der Waals surface area contributed by atoms with E-state index in [0.29, 0.717) is 9.75 Å². The van der Waals surface area contributed by atoms with Gasteiger partial charge in [-0.2, -0.15) is 11.8 Å². The van der Waals surface area contributed by atoms with E-state index in [1.165, 1.54) is 0 Å². The van der Waals surface area contributed by atoms with Crippen molar-refractivity contribution in [2.75, 3.05) is 13.2 Å². The molecule has 0 amide bonds. The van der Waals surface area contributed by atoms with E-state index in [2.05, 4.69) is 65.6 Å². The van der Waals surface area contributed by atoms with E-state index >= 15 is 0 Å². The van der Waals surface area contributed by atoms with Crippen molar-refractivity contribution >= 4 is 28.4 Å². The van der Waals surface area contributed by atoms with Gasteiger partial charge >= 0.3 is 0 Å². The summed E-state index contributed by atoms with van der Waals surface area (Å²) in [5.41, 5.74) is 0. The zero-order valence-electron chi connectivity index (χ0n) is 14.2. The molecule has 0 aromatic carbocycles. The van der Waals surface area contributed by atoms with Gasteiger partial charge in [-0.15, -0.1) is 0 Å². The van der Waals surface area contributed by atoms with Gasteiger partial charge in [0, 0.05) is 23.0 Å². The molecule has 0 spiro atoms. The molecular formula is C14H34O2SSi2. The summed E-state index contributed by atoms with van der Waals surface area (Å²) in [4.78, 5) is 1.23. The molecule has 0 rings (SSSR count). The highest BCUT2D eigenvalue weighted by atomic mass is 32.2. The van der Waals surface area contributed by atoms with E-state index in [4.69, 9.17) is 8.85 Å². The first-order chi connectivity index (χ1) is 8.67.